The van der Waals surface area contributed by atoms with Crippen LogP contribution in [0.2, 0.25) is 0 Å². The smallest absolute Gasteiger partial charge is 0.124 e. The molecule has 2 aromatic rings. The van der Waals surface area contributed by atoms with Crippen LogP contribution < -0.4 is 11.3 Å². The zero-order valence-electron chi connectivity index (χ0n) is 11.0. The third-order valence-corrected chi connectivity index (χ3v) is 3.68. The van der Waals surface area contributed by atoms with Gasteiger partial charge < -0.3 is 4.74 Å². The molecule has 108 valence electrons. The highest BCUT2D eigenvalue weighted by Gasteiger charge is 2.19. The van der Waals surface area contributed by atoms with Crippen molar-refractivity contribution in [3.05, 3.63) is 52.0 Å². The molecule has 1 heterocycles. The van der Waals surface area contributed by atoms with E-state index in [9.17, 15) is 4.39 Å². The molecule has 0 spiro atoms. The van der Waals surface area contributed by atoms with Gasteiger partial charge in [-0.1, -0.05) is 22.0 Å². The van der Waals surface area contributed by atoms with Gasteiger partial charge in [0.05, 0.1) is 24.9 Å². The van der Waals surface area contributed by atoms with Gasteiger partial charge in [0, 0.05) is 17.8 Å². The zero-order valence-corrected chi connectivity index (χ0v) is 12.6. The summed E-state index contributed by atoms with van der Waals surface area (Å²) in [5, 5.41) is 4.25. The minimum absolute atomic E-state index is 0.288. The Morgan fingerprint density at radius 1 is 1.50 bits per heavy atom. The second-order valence-corrected chi connectivity index (χ2v) is 5.09. The predicted molar refractivity (Wildman–Crippen MR) is 77.4 cm³/mol. The lowest BCUT2D eigenvalue weighted by Gasteiger charge is -2.19. The fourth-order valence-corrected chi connectivity index (χ4v) is 2.60. The van der Waals surface area contributed by atoms with E-state index in [0.29, 0.717) is 17.6 Å². The summed E-state index contributed by atoms with van der Waals surface area (Å²) in [4.78, 5) is 0. The summed E-state index contributed by atoms with van der Waals surface area (Å²) >= 11 is 3.36. The van der Waals surface area contributed by atoms with E-state index < -0.39 is 0 Å². The average molecular weight is 343 g/mol. The lowest BCUT2D eigenvalue weighted by molar-refractivity contribution is 0.182. The Hall–Kier alpha value is -1.28. The van der Waals surface area contributed by atoms with Crippen molar-refractivity contribution in [3.63, 3.8) is 0 Å². The Bertz CT molecular complexity index is 575. The summed E-state index contributed by atoms with van der Waals surface area (Å²) in [5.74, 6) is 5.36. The summed E-state index contributed by atoms with van der Waals surface area (Å²) in [6.07, 6.45) is 1.70. The standard InChI is InChI=1S/C13H16BrFN4O/c1-20-7-6-19-12(4-5-17-19)13(18-16)10-3-2-9(15)8-11(10)14/h2-5,8,13,18H,6-7,16H2,1H3. The number of hydrogen-bond acceptors (Lipinski definition) is 4. The van der Waals surface area contributed by atoms with Crippen molar-refractivity contribution in [2.24, 2.45) is 5.84 Å². The highest BCUT2D eigenvalue weighted by Crippen LogP contribution is 2.28. The first-order chi connectivity index (χ1) is 9.67. The molecule has 0 fully saturated rings. The maximum absolute atomic E-state index is 13.2. The van der Waals surface area contributed by atoms with Crippen molar-refractivity contribution in [3.8, 4) is 0 Å². The molecule has 20 heavy (non-hydrogen) atoms. The molecular formula is C13H16BrFN4O. The van der Waals surface area contributed by atoms with Crippen LogP contribution in [0.15, 0.2) is 34.9 Å². The lowest BCUT2D eigenvalue weighted by atomic mass is 10.0. The molecule has 0 amide bonds. The molecule has 1 atom stereocenters. The third-order valence-electron chi connectivity index (χ3n) is 2.99. The molecule has 0 saturated heterocycles. The van der Waals surface area contributed by atoms with E-state index in [0.717, 1.165) is 11.3 Å². The van der Waals surface area contributed by atoms with Crippen LogP contribution >= 0.6 is 15.9 Å². The number of methoxy groups -OCH3 is 1. The van der Waals surface area contributed by atoms with Gasteiger partial charge in [0.2, 0.25) is 0 Å². The minimum atomic E-state index is -0.302. The van der Waals surface area contributed by atoms with E-state index in [1.807, 2.05) is 10.7 Å². The Morgan fingerprint density at radius 2 is 2.30 bits per heavy atom. The van der Waals surface area contributed by atoms with Gasteiger partial charge in [0.25, 0.3) is 0 Å². The second-order valence-electron chi connectivity index (χ2n) is 4.24. The number of aromatic nitrogens is 2. The first-order valence-corrected chi connectivity index (χ1v) is 6.88. The van der Waals surface area contributed by atoms with E-state index >= 15 is 0 Å². The Morgan fingerprint density at radius 3 is 2.95 bits per heavy atom. The number of hydrazine groups is 1. The molecule has 7 heteroatoms. The van der Waals surface area contributed by atoms with Crippen LogP contribution in [0.5, 0.6) is 0 Å². The summed E-state index contributed by atoms with van der Waals surface area (Å²) < 4.78 is 20.7. The largest absolute Gasteiger partial charge is 0.383 e. The van der Waals surface area contributed by atoms with E-state index in [1.54, 1.807) is 19.4 Å². The number of halogens is 2. The van der Waals surface area contributed by atoms with Gasteiger partial charge in [-0.2, -0.15) is 5.10 Å². The van der Waals surface area contributed by atoms with Crippen molar-refractivity contribution < 1.29 is 9.13 Å². The van der Waals surface area contributed by atoms with Crippen molar-refractivity contribution in [1.82, 2.24) is 15.2 Å². The SMILES string of the molecule is COCCn1nccc1C(NN)c1ccc(F)cc1Br. The van der Waals surface area contributed by atoms with E-state index in [-0.39, 0.29) is 11.9 Å². The maximum Gasteiger partial charge on any atom is 0.124 e. The van der Waals surface area contributed by atoms with Gasteiger partial charge in [-0.25, -0.2) is 9.82 Å². The van der Waals surface area contributed by atoms with Gasteiger partial charge in [0.1, 0.15) is 5.82 Å². The number of hydrogen-bond donors (Lipinski definition) is 2. The van der Waals surface area contributed by atoms with Gasteiger partial charge in [0.15, 0.2) is 0 Å². The topological polar surface area (TPSA) is 65.1 Å². The Labute approximate surface area is 125 Å². The number of rotatable bonds is 6. The molecule has 1 aromatic heterocycles. The molecule has 0 aliphatic rings. The molecule has 5 nitrogen and oxygen atoms in total. The Kier molecular flexibility index (Phi) is 5.24. The van der Waals surface area contributed by atoms with Crippen LogP contribution in [0.1, 0.15) is 17.3 Å². The number of nitrogens with zero attached hydrogens (tertiary/aromatic N) is 2. The highest BCUT2D eigenvalue weighted by atomic mass is 79.9. The molecule has 1 aromatic carbocycles. The number of benzene rings is 1. The van der Waals surface area contributed by atoms with E-state index in [4.69, 9.17) is 10.6 Å². The number of nitrogens with two attached hydrogens (primary N) is 1. The minimum Gasteiger partial charge on any atom is -0.383 e. The lowest BCUT2D eigenvalue weighted by Crippen LogP contribution is -2.31. The molecular weight excluding hydrogens is 327 g/mol. The molecule has 0 aliphatic heterocycles. The van der Waals surface area contributed by atoms with Gasteiger partial charge in [-0.05, 0) is 23.8 Å². The summed E-state index contributed by atoms with van der Waals surface area (Å²) in [6, 6.07) is 6.09. The zero-order chi connectivity index (χ0) is 14.5. The van der Waals surface area contributed by atoms with Crippen LogP contribution in [0.25, 0.3) is 0 Å². The molecule has 0 bridgehead atoms. The summed E-state index contributed by atoms with van der Waals surface area (Å²) in [5.41, 5.74) is 4.47. The molecule has 3 N–H and O–H groups in total. The van der Waals surface area contributed by atoms with Crippen molar-refractivity contribution >= 4 is 15.9 Å². The van der Waals surface area contributed by atoms with Gasteiger partial charge in [-0.15, -0.1) is 0 Å². The second kappa shape index (κ2) is 6.94. The number of nitrogens with one attached hydrogen (secondary N) is 1. The van der Waals surface area contributed by atoms with Crippen LogP contribution in [0.4, 0.5) is 4.39 Å². The maximum atomic E-state index is 13.2. The van der Waals surface area contributed by atoms with E-state index in [1.165, 1.54) is 12.1 Å². The fraction of sp³-hybridized carbons (Fsp3) is 0.308. The summed E-state index contributed by atoms with van der Waals surface area (Å²) in [6.45, 7) is 1.17. The molecule has 0 aliphatic carbocycles. The van der Waals surface area contributed by atoms with Crippen molar-refractivity contribution in [2.75, 3.05) is 13.7 Å². The molecule has 0 radical (unpaired) electrons. The fourth-order valence-electron chi connectivity index (χ4n) is 2.02. The van der Waals surface area contributed by atoms with Crippen molar-refractivity contribution in [2.45, 2.75) is 12.6 Å². The first-order valence-electron chi connectivity index (χ1n) is 6.09. The normalized spacial score (nSPS) is 12.6. The Balaban J connectivity index is 2.34. The molecule has 2 rings (SSSR count). The first kappa shape index (κ1) is 15.1. The van der Waals surface area contributed by atoms with Crippen LogP contribution in [0, 0.1) is 5.82 Å². The van der Waals surface area contributed by atoms with Crippen LogP contribution in [-0.2, 0) is 11.3 Å². The van der Waals surface area contributed by atoms with Crippen LogP contribution in [0.3, 0.4) is 0 Å². The van der Waals surface area contributed by atoms with Gasteiger partial charge in [-0.3, -0.25) is 10.5 Å². The highest BCUT2D eigenvalue weighted by molar-refractivity contribution is 9.10. The van der Waals surface area contributed by atoms with Crippen molar-refractivity contribution in [1.29, 1.82) is 0 Å². The van der Waals surface area contributed by atoms with Crippen LogP contribution in [-0.4, -0.2) is 23.5 Å². The quantitative estimate of drug-likeness (QED) is 0.622. The monoisotopic (exact) mass is 342 g/mol. The number of ether oxygens (including phenoxy) is 1. The average Bonchev–Trinajstić information content (AvgIpc) is 2.88. The molecule has 1 unspecified atom stereocenters. The van der Waals surface area contributed by atoms with E-state index in [2.05, 4.69) is 26.5 Å². The third kappa shape index (κ3) is 3.24. The summed E-state index contributed by atoms with van der Waals surface area (Å²) in [7, 11) is 1.64. The molecule has 0 saturated carbocycles. The predicted octanol–water partition coefficient (Wildman–Crippen LogP) is 1.98. The van der Waals surface area contributed by atoms with Gasteiger partial charge >= 0.3 is 0 Å².